The Hall–Kier alpha value is -1.84. The highest BCUT2D eigenvalue weighted by Crippen LogP contribution is 2.18. The normalized spacial score (nSPS) is 19.8. The van der Waals surface area contributed by atoms with E-state index in [0.29, 0.717) is 6.54 Å². The quantitative estimate of drug-likeness (QED) is 0.895. The molecule has 1 fully saturated rings. The largest absolute Gasteiger partial charge is 0.345 e. The number of hydrogen-bond donors (Lipinski definition) is 1. The molecular weight excluding hydrogens is 240 g/mol. The maximum absolute atomic E-state index is 12.0. The first kappa shape index (κ1) is 13.6. The van der Waals surface area contributed by atoms with E-state index in [9.17, 15) is 9.59 Å². The number of benzene rings is 1. The lowest BCUT2D eigenvalue weighted by molar-refractivity contribution is -0.148. The lowest BCUT2D eigenvalue weighted by atomic mass is 9.98. The van der Waals surface area contributed by atoms with Gasteiger partial charge in [-0.1, -0.05) is 43.7 Å². The van der Waals surface area contributed by atoms with E-state index in [1.54, 1.807) is 4.90 Å². The van der Waals surface area contributed by atoms with Crippen LogP contribution >= 0.6 is 0 Å². The molecule has 2 amide bonds. The minimum atomic E-state index is -0.373. The average Bonchev–Trinajstić information content (AvgIpc) is 2.36. The van der Waals surface area contributed by atoms with E-state index in [1.807, 2.05) is 45.0 Å². The van der Waals surface area contributed by atoms with E-state index < -0.39 is 0 Å². The van der Waals surface area contributed by atoms with Crippen molar-refractivity contribution in [3.8, 4) is 0 Å². The monoisotopic (exact) mass is 260 g/mol. The van der Waals surface area contributed by atoms with E-state index in [1.165, 1.54) is 5.56 Å². The summed E-state index contributed by atoms with van der Waals surface area (Å²) in [5, 5.41) is 2.66. The maximum atomic E-state index is 12.0. The zero-order valence-corrected chi connectivity index (χ0v) is 11.6. The molecule has 0 aromatic heterocycles. The topological polar surface area (TPSA) is 49.4 Å². The van der Waals surface area contributed by atoms with Crippen molar-refractivity contribution in [2.45, 2.75) is 33.4 Å². The Morgan fingerprint density at radius 1 is 1.26 bits per heavy atom. The summed E-state index contributed by atoms with van der Waals surface area (Å²) < 4.78 is 0. The van der Waals surface area contributed by atoms with Crippen molar-refractivity contribution in [2.24, 2.45) is 5.92 Å². The third kappa shape index (κ3) is 2.95. The Kier molecular flexibility index (Phi) is 3.88. The summed E-state index contributed by atoms with van der Waals surface area (Å²) in [5.74, 6) is 0.0373. The molecular formula is C15H20N2O2. The van der Waals surface area contributed by atoms with E-state index in [0.717, 1.165) is 5.56 Å². The van der Waals surface area contributed by atoms with Gasteiger partial charge in [-0.25, -0.2) is 0 Å². The first-order valence-corrected chi connectivity index (χ1v) is 6.62. The van der Waals surface area contributed by atoms with Crippen LogP contribution in [-0.2, 0) is 16.1 Å². The van der Waals surface area contributed by atoms with Crippen molar-refractivity contribution < 1.29 is 9.59 Å². The molecule has 19 heavy (non-hydrogen) atoms. The van der Waals surface area contributed by atoms with Crippen LogP contribution < -0.4 is 5.32 Å². The van der Waals surface area contributed by atoms with Crippen LogP contribution in [0.3, 0.4) is 0 Å². The number of aryl methyl sites for hydroxylation is 1. The lowest BCUT2D eigenvalue weighted by Crippen LogP contribution is -2.59. The number of piperazine rings is 1. The number of amides is 2. The molecule has 1 aliphatic heterocycles. The standard InChI is InChI=1S/C15H20N2O2/c1-10(2)14-15(19)16-8-13(18)17(14)9-12-6-4-11(3)5-7-12/h4-7,10,14H,8-9H2,1-3H3,(H,16,19). The van der Waals surface area contributed by atoms with Gasteiger partial charge < -0.3 is 10.2 Å². The second-order valence-corrected chi connectivity index (χ2v) is 5.41. The highest BCUT2D eigenvalue weighted by molar-refractivity contribution is 5.94. The minimum absolute atomic E-state index is 0.0149. The number of nitrogens with zero attached hydrogens (tertiary/aromatic N) is 1. The number of carbonyl (C=O) groups excluding carboxylic acids is 2. The lowest BCUT2D eigenvalue weighted by Gasteiger charge is -2.37. The molecule has 1 aromatic carbocycles. The van der Waals surface area contributed by atoms with Gasteiger partial charge in [0.2, 0.25) is 11.8 Å². The van der Waals surface area contributed by atoms with Gasteiger partial charge in [-0.2, -0.15) is 0 Å². The third-order valence-electron chi connectivity index (χ3n) is 3.44. The summed E-state index contributed by atoms with van der Waals surface area (Å²) in [6, 6.07) is 7.68. The van der Waals surface area contributed by atoms with Crippen LogP contribution in [0.15, 0.2) is 24.3 Å². The molecule has 1 unspecified atom stereocenters. The Bertz CT molecular complexity index is 479. The number of nitrogens with one attached hydrogen (secondary N) is 1. The second-order valence-electron chi connectivity index (χ2n) is 5.41. The first-order chi connectivity index (χ1) is 8.99. The summed E-state index contributed by atoms with van der Waals surface area (Å²) in [6.07, 6.45) is 0. The smallest absolute Gasteiger partial charge is 0.243 e. The SMILES string of the molecule is Cc1ccc(CN2C(=O)CNC(=O)C2C(C)C)cc1. The van der Waals surface area contributed by atoms with Crippen LogP contribution in [0.2, 0.25) is 0 Å². The molecule has 102 valence electrons. The molecule has 2 rings (SSSR count). The Morgan fingerprint density at radius 2 is 1.89 bits per heavy atom. The molecule has 0 aliphatic carbocycles. The maximum Gasteiger partial charge on any atom is 0.243 e. The van der Waals surface area contributed by atoms with Crippen molar-refractivity contribution >= 4 is 11.8 Å². The first-order valence-electron chi connectivity index (χ1n) is 6.62. The van der Waals surface area contributed by atoms with Gasteiger partial charge in [-0.3, -0.25) is 9.59 Å². The van der Waals surface area contributed by atoms with Crippen molar-refractivity contribution in [1.82, 2.24) is 10.2 Å². The Labute approximate surface area is 113 Å². The van der Waals surface area contributed by atoms with Gasteiger partial charge in [0.1, 0.15) is 6.04 Å². The number of rotatable bonds is 3. The Balaban J connectivity index is 2.21. The predicted molar refractivity (Wildman–Crippen MR) is 73.4 cm³/mol. The predicted octanol–water partition coefficient (Wildman–Crippen LogP) is 1.48. The molecule has 1 atom stereocenters. The molecule has 1 saturated heterocycles. The van der Waals surface area contributed by atoms with E-state index in [2.05, 4.69) is 5.32 Å². The van der Waals surface area contributed by atoms with Gasteiger partial charge >= 0.3 is 0 Å². The van der Waals surface area contributed by atoms with Gasteiger partial charge in [-0.15, -0.1) is 0 Å². The molecule has 4 heteroatoms. The third-order valence-corrected chi connectivity index (χ3v) is 3.44. The number of hydrogen-bond acceptors (Lipinski definition) is 2. The van der Waals surface area contributed by atoms with Crippen LogP contribution in [-0.4, -0.2) is 29.3 Å². The van der Waals surface area contributed by atoms with Crippen molar-refractivity contribution in [3.05, 3.63) is 35.4 Å². The molecule has 0 bridgehead atoms. The summed E-state index contributed by atoms with van der Waals surface area (Å²) in [6.45, 7) is 6.56. The van der Waals surface area contributed by atoms with Crippen molar-refractivity contribution in [3.63, 3.8) is 0 Å². The van der Waals surface area contributed by atoms with E-state index in [4.69, 9.17) is 0 Å². The fourth-order valence-electron chi connectivity index (χ4n) is 2.40. The van der Waals surface area contributed by atoms with Crippen molar-refractivity contribution in [1.29, 1.82) is 0 Å². The molecule has 0 radical (unpaired) electrons. The van der Waals surface area contributed by atoms with Gasteiger partial charge in [0, 0.05) is 6.54 Å². The van der Waals surface area contributed by atoms with Gasteiger partial charge in [0.25, 0.3) is 0 Å². The van der Waals surface area contributed by atoms with Crippen LogP contribution in [0.1, 0.15) is 25.0 Å². The van der Waals surface area contributed by atoms with Crippen LogP contribution in [0.4, 0.5) is 0 Å². The molecule has 1 aromatic rings. The zero-order valence-electron chi connectivity index (χ0n) is 11.6. The highest BCUT2D eigenvalue weighted by Gasteiger charge is 2.36. The Morgan fingerprint density at radius 3 is 2.47 bits per heavy atom. The molecule has 0 spiro atoms. The second kappa shape index (κ2) is 5.43. The van der Waals surface area contributed by atoms with Crippen LogP contribution in [0, 0.1) is 12.8 Å². The van der Waals surface area contributed by atoms with Gasteiger partial charge in [0.15, 0.2) is 0 Å². The van der Waals surface area contributed by atoms with Crippen LogP contribution in [0.25, 0.3) is 0 Å². The van der Waals surface area contributed by atoms with E-state index in [-0.39, 0.29) is 30.3 Å². The van der Waals surface area contributed by atoms with Gasteiger partial charge in [0.05, 0.1) is 6.54 Å². The molecule has 1 heterocycles. The fraction of sp³-hybridized carbons (Fsp3) is 0.467. The molecule has 1 N–H and O–H groups in total. The van der Waals surface area contributed by atoms with Crippen molar-refractivity contribution in [2.75, 3.05) is 6.54 Å². The molecule has 4 nitrogen and oxygen atoms in total. The molecule has 0 saturated carbocycles. The van der Waals surface area contributed by atoms with E-state index >= 15 is 0 Å². The average molecular weight is 260 g/mol. The summed E-state index contributed by atoms with van der Waals surface area (Å²) in [4.78, 5) is 25.7. The summed E-state index contributed by atoms with van der Waals surface area (Å²) in [5.41, 5.74) is 2.24. The molecule has 1 aliphatic rings. The highest BCUT2D eigenvalue weighted by atomic mass is 16.2. The summed E-state index contributed by atoms with van der Waals surface area (Å²) >= 11 is 0. The number of carbonyl (C=O) groups is 2. The summed E-state index contributed by atoms with van der Waals surface area (Å²) in [7, 11) is 0. The van der Waals surface area contributed by atoms with Gasteiger partial charge in [-0.05, 0) is 18.4 Å². The zero-order chi connectivity index (χ0) is 14.0. The van der Waals surface area contributed by atoms with Crippen LogP contribution in [0.5, 0.6) is 0 Å². The fourth-order valence-corrected chi connectivity index (χ4v) is 2.40. The minimum Gasteiger partial charge on any atom is -0.345 e.